The number of benzene rings is 1. The second kappa shape index (κ2) is 6.67. The second-order valence-electron chi connectivity index (χ2n) is 4.82. The lowest BCUT2D eigenvalue weighted by molar-refractivity contribution is -0.119. The normalized spacial score (nSPS) is 12.9. The molecule has 1 aromatic carbocycles. The van der Waals surface area contributed by atoms with Crippen molar-refractivity contribution in [1.82, 2.24) is 9.29 Å². The lowest BCUT2D eigenvalue weighted by Crippen LogP contribution is -2.38. The van der Waals surface area contributed by atoms with Crippen LogP contribution in [0.3, 0.4) is 0 Å². The smallest absolute Gasteiger partial charge is 0.247 e. The Morgan fingerprint density at radius 2 is 1.86 bits per heavy atom. The van der Waals surface area contributed by atoms with Crippen LogP contribution in [0.4, 0.5) is 5.69 Å². The first kappa shape index (κ1) is 16.1. The highest BCUT2D eigenvalue weighted by molar-refractivity contribution is 7.88. The molecule has 1 amide bonds. The van der Waals surface area contributed by atoms with Crippen molar-refractivity contribution in [3.05, 3.63) is 60.4 Å². The van der Waals surface area contributed by atoms with E-state index in [4.69, 9.17) is 0 Å². The number of nitrogens with one attached hydrogen (secondary N) is 1. The summed E-state index contributed by atoms with van der Waals surface area (Å²) in [4.78, 5) is 16.5. The molecule has 1 N–H and O–H groups in total. The molecule has 7 heteroatoms. The standard InChI is InChI=1S/C15H17N3O3S/c1-18(22(2,20)21)14(12-7-4-3-5-8-12)15(19)17-13-9-6-10-16-11-13/h3-11,14H,1-2H3,(H,17,19). The van der Waals surface area contributed by atoms with Crippen molar-refractivity contribution in [1.29, 1.82) is 0 Å². The number of carbonyl (C=O) groups is 1. The molecule has 1 atom stereocenters. The molecular formula is C15H17N3O3S. The van der Waals surface area contributed by atoms with Crippen LogP contribution < -0.4 is 5.32 Å². The molecule has 1 aromatic heterocycles. The summed E-state index contributed by atoms with van der Waals surface area (Å²) in [6, 6.07) is 11.2. The number of sulfonamides is 1. The van der Waals surface area contributed by atoms with Crippen LogP contribution in [-0.4, -0.2) is 36.9 Å². The Hall–Kier alpha value is -2.25. The van der Waals surface area contributed by atoms with E-state index in [1.807, 2.05) is 0 Å². The highest BCUT2D eigenvalue weighted by atomic mass is 32.2. The van der Waals surface area contributed by atoms with E-state index < -0.39 is 22.0 Å². The molecule has 1 unspecified atom stereocenters. The maximum absolute atomic E-state index is 12.6. The van der Waals surface area contributed by atoms with E-state index in [9.17, 15) is 13.2 Å². The van der Waals surface area contributed by atoms with Gasteiger partial charge in [0.15, 0.2) is 0 Å². The van der Waals surface area contributed by atoms with Gasteiger partial charge in [0.25, 0.3) is 0 Å². The highest BCUT2D eigenvalue weighted by Gasteiger charge is 2.30. The lowest BCUT2D eigenvalue weighted by Gasteiger charge is -2.25. The summed E-state index contributed by atoms with van der Waals surface area (Å²) < 4.78 is 24.7. The van der Waals surface area contributed by atoms with E-state index in [-0.39, 0.29) is 0 Å². The molecule has 0 aliphatic heterocycles. The Kier molecular flexibility index (Phi) is 4.89. The summed E-state index contributed by atoms with van der Waals surface area (Å²) in [6.45, 7) is 0. The number of pyridine rings is 1. The molecule has 0 saturated heterocycles. The molecule has 0 spiro atoms. The summed E-state index contributed by atoms with van der Waals surface area (Å²) in [5.74, 6) is -0.438. The van der Waals surface area contributed by atoms with Crippen LogP contribution in [0.2, 0.25) is 0 Å². The van der Waals surface area contributed by atoms with Crippen molar-refractivity contribution < 1.29 is 13.2 Å². The van der Waals surface area contributed by atoms with E-state index in [1.54, 1.807) is 48.7 Å². The Morgan fingerprint density at radius 1 is 1.18 bits per heavy atom. The van der Waals surface area contributed by atoms with Gasteiger partial charge in [0.05, 0.1) is 18.1 Å². The third kappa shape index (κ3) is 3.90. The van der Waals surface area contributed by atoms with Crippen LogP contribution in [0, 0.1) is 0 Å². The van der Waals surface area contributed by atoms with Crippen molar-refractivity contribution in [2.45, 2.75) is 6.04 Å². The number of hydrogen-bond donors (Lipinski definition) is 1. The van der Waals surface area contributed by atoms with Crippen molar-refractivity contribution in [3.8, 4) is 0 Å². The second-order valence-corrected chi connectivity index (χ2v) is 6.87. The minimum atomic E-state index is -3.53. The average Bonchev–Trinajstić information content (AvgIpc) is 2.48. The third-order valence-corrected chi connectivity index (χ3v) is 4.44. The summed E-state index contributed by atoms with van der Waals surface area (Å²) in [5, 5.41) is 2.69. The van der Waals surface area contributed by atoms with Crippen LogP contribution in [0.15, 0.2) is 54.9 Å². The molecule has 0 aliphatic rings. The number of carbonyl (C=O) groups excluding carboxylic acids is 1. The predicted octanol–water partition coefficient (Wildman–Crippen LogP) is 1.65. The van der Waals surface area contributed by atoms with Crippen molar-refractivity contribution in [2.24, 2.45) is 0 Å². The number of likely N-dealkylation sites (N-methyl/N-ethyl adjacent to an activating group) is 1. The highest BCUT2D eigenvalue weighted by Crippen LogP contribution is 2.23. The SMILES string of the molecule is CN(C(C(=O)Nc1cccnc1)c1ccccc1)S(C)(=O)=O. The summed E-state index contributed by atoms with van der Waals surface area (Å²) in [7, 11) is -2.15. The van der Waals surface area contributed by atoms with Crippen LogP contribution in [-0.2, 0) is 14.8 Å². The van der Waals surface area contributed by atoms with Crippen molar-refractivity contribution in [2.75, 3.05) is 18.6 Å². The summed E-state index contributed by atoms with van der Waals surface area (Å²) in [6.07, 6.45) is 4.16. The topological polar surface area (TPSA) is 79.4 Å². The van der Waals surface area contributed by atoms with E-state index in [2.05, 4.69) is 10.3 Å². The Labute approximate surface area is 129 Å². The number of hydrogen-bond acceptors (Lipinski definition) is 4. The Bertz CT molecular complexity index is 733. The maximum Gasteiger partial charge on any atom is 0.247 e. The van der Waals surface area contributed by atoms with Gasteiger partial charge in [-0.25, -0.2) is 8.42 Å². The molecule has 2 aromatic rings. The fourth-order valence-electron chi connectivity index (χ4n) is 2.00. The molecule has 0 bridgehead atoms. The molecule has 1 heterocycles. The number of anilines is 1. The fraction of sp³-hybridized carbons (Fsp3) is 0.200. The van der Waals surface area contributed by atoms with Gasteiger partial charge in [0, 0.05) is 13.2 Å². The minimum Gasteiger partial charge on any atom is -0.323 e. The molecule has 2 rings (SSSR count). The van der Waals surface area contributed by atoms with Gasteiger partial charge in [0.2, 0.25) is 15.9 Å². The number of rotatable bonds is 5. The minimum absolute atomic E-state index is 0.438. The molecule has 6 nitrogen and oxygen atoms in total. The maximum atomic E-state index is 12.6. The average molecular weight is 319 g/mol. The molecule has 22 heavy (non-hydrogen) atoms. The molecule has 0 radical (unpaired) electrons. The van der Waals surface area contributed by atoms with Gasteiger partial charge in [-0.1, -0.05) is 30.3 Å². The van der Waals surface area contributed by atoms with Crippen LogP contribution in [0.25, 0.3) is 0 Å². The largest absolute Gasteiger partial charge is 0.323 e. The zero-order chi connectivity index (χ0) is 16.2. The summed E-state index contributed by atoms with van der Waals surface area (Å²) >= 11 is 0. The van der Waals surface area contributed by atoms with Gasteiger partial charge in [0.1, 0.15) is 6.04 Å². The Balaban J connectivity index is 2.34. The molecule has 0 saturated carbocycles. The van der Waals surface area contributed by atoms with Gasteiger partial charge >= 0.3 is 0 Å². The molecule has 116 valence electrons. The third-order valence-electron chi connectivity index (χ3n) is 3.18. The zero-order valence-electron chi connectivity index (χ0n) is 12.3. The van der Waals surface area contributed by atoms with Gasteiger partial charge in [-0.3, -0.25) is 9.78 Å². The lowest BCUT2D eigenvalue weighted by atomic mass is 10.1. The molecule has 0 aliphatic carbocycles. The van der Waals surface area contributed by atoms with Crippen LogP contribution in [0.5, 0.6) is 0 Å². The predicted molar refractivity (Wildman–Crippen MR) is 84.7 cm³/mol. The first-order valence-corrected chi connectivity index (χ1v) is 8.43. The first-order valence-electron chi connectivity index (χ1n) is 6.58. The van der Waals surface area contributed by atoms with Crippen LogP contribution in [0.1, 0.15) is 11.6 Å². The summed E-state index contributed by atoms with van der Waals surface area (Å²) in [5.41, 5.74) is 1.10. The van der Waals surface area contributed by atoms with Crippen LogP contribution >= 0.6 is 0 Å². The fourth-order valence-corrected chi connectivity index (χ4v) is 2.60. The number of aromatic nitrogens is 1. The molecule has 0 fully saturated rings. The van der Waals surface area contributed by atoms with E-state index >= 15 is 0 Å². The number of nitrogens with zero attached hydrogens (tertiary/aromatic N) is 2. The van der Waals surface area contributed by atoms with Gasteiger partial charge in [-0.05, 0) is 17.7 Å². The van der Waals surface area contributed by atoms with Crippen molar-refractivity contribution in [3.63, 3.8) is 0 Å². The monoisotopic (exact) mass is 319 g/mol. The number of amides is 1. The quantitative estimate of drug-likeness (QED) is 0.909. The van der Waals surface area contributed by atoms with E-state index in [0.29, 0.717) is 11.3 Å². The zero-order valence-corrected chi connectivity index (χ0v) is 13.1. The van der Waals surface area contributed by atoms with Gasteiger partial charge < -0.3 is 5.32 Å². The molecular weight excluding hydrogens is 302 g/mol. The van der Waals surface area contributed by atoms with Crippen molar-refractivity contribution >= 4 is 21.6 Å². The first-order chi connectivity index (χ1) is 10.4. The van der Waals surface area contributed by atoms with Gasteiger partial charge in [-0.15, -0.1) is 0 Å². The Morgan fingerprint density at radius 3 is 2.41 bits per heavy atom. The van der Waals surface area contributed by atoms with E-state index in [0.717, 1.165) is 10.6 Å². The van der Waals surface area contributed by atoms with E-state index in [1.165, 1.54) is 13.2 Å². The van der Waals surface area contributed by atoms with Gasteiger partial charge in [-0.2, -0.15) is 4.31 Å².